The van der Waals surface area contributed by atoms with Crippen LogP contribution in [-0.2, 0) is 16.6 Å². The fourth-order valence-corrected chi connectivity index (χ4v) is 5.39. The van der Waals surface area contributed by atoms with Gasteiger partial charge in [-0.2, -0.15) is 5.10 Å². The maximum Gasteiger partial charge on any atom is 0.263 e. The maximum atomic E-state index is 12.3. The first-order chi connectivity index (χ1) is 9.54. The number of sulfonamides is 1. The molecule has 0 bridgehead atoms. The van der Waals surface area contributed by atoms with Gasteiger partial charge in [0.15, 0.2) is 0 Å². The van der Waals surface area contributed by atoms with E-state index in [0.29, 0.717) is 22.1 Å². The first-order valence-electron chi connectivity index (χ1n) is 6.08. The van der Waals surface area contributed by atoms with Crippen molar-refractivity contribution in [2.24, 2.45) is 0 Å². The van der Waals surface area contributed by atoms with E-state index in [2.05, 4.69) is 36.2 Å². The Morgan fingerprint density at radius 1 is 1.50 bits per heavy atom. The van der Waals surface area contributed by atoms with Gasteiger partial charge in [0.05, 0.1) is 15.7 Å². The molecule has 0 unspecified atom stereocenters. The Morgan fingerprint density at radius 2 is 2.30 bits per heavy atom. The maximum absolute atomic E-state index is 12.3. The van der Waals surface area contributed by atoms with Crippen molar-refractivity contribution in [2.45, 2.75) is 30.3 Å². The van der Waals surface area contributed by atoms with Crippen LogP contribution in [0.15, 0.2) is 27.1 Å². The summed E-state index contributed by atoms with van der Waals surface area (Å²) in [6.07, 6.45) is 5.33. The van der Waals surface area contributed by atoms with Gasteiger partial charge in [-0.1, -0.05) is 0 Å². The predicted octanol–water partition coefficient (Wildman–Crippen LogP) is 2.29. The molecule has 0 atom stereocenters. The minimum absolute atomic E-state index is 0.260. The van der Waals surface area contributed by atoms with Crippen molar-refractivity contribution in [1.29, 1.82) is 0 Å². The Morgan fingerprint density at radius 3 is 2.95 bits per heavy atom. The fraction of sp³-hybridized carbons (Fsp3) is 0.364. The topological polar surface area (TPSA) is 86.9 Å². The van der Waals surface area contributed by atoms with Crippen LogP contribution in [0.2, 0.25) is 0 Å². The first-order valence-corrected chi connectivity index (χ1v) is 9.17. The van der Waals surface area contributed by atoms with Crippen LogP contribution in [0, 0.1) is 0 Å². The van der Waals surface area contributed by atoms with Gasteiger partial charge in [-0.15, -0.1) is 11.3 Å². The summed E-state index contributed by atoms with van der Waals surface area (Å²) in [5.74, 6) is 0. The lowest BCUT2D eigenvalue weighted by molar-refractivity contribution is 0.601. The quantitative estimate of drug-likeness (QED) is 0.721. The molecule has 1 aliphatic rings. The highest BCUT2D eigenvalue weighted by atomic mass is 79.9. The van der Waals surface area contributed by atoms with Crippen molar-refractivity contribution in [3.8, 4) is 0 Å². The van der Waals surface area contributed by atoms with Gasteiger partial charge in [0.25, 0.3) is 10.0 Å². The number of halogens is 1. The molecule has 9 heteroatoms. The van der Waals surface area contributed by atoms with E-state index in [1.807, 2.05) is 0 Å². The molecule has 2 heterocycles. The molecule has 0 spiro atoms. The van der Waals surface area contributed by atoms with E-state index in [9.17, 15) is 8.42 Å². The van der Waals surface area contributed by atoms with Crippen molar-refractivity contribution in [3.05, 3.63) is 27.1 Å². The van der Waals surface area contributed by atoms with Gasteiger partial charge in [0.2, 0.25) is 0 Å². The Kier molecular flexibility index (Phi) is 3.85. The normalized spacial score (nSPS) is 15.4. The third kappa shape index (κ3) is 3.22. The molecule has 0 aliphatic heterocycles. The molecule has 6 nitrogen and oxygen atoms in total. The van der Waals surface area contributed by atoms with Crippen LogP contribution >= 0.6 is 27.3 Å². The van der Waals surface area contributed by atoms with E-state index in [0.717, 1.165) is 4.88 Å². The van der Waals surface area contributed by atoms with E-state index in [1.54, 1.807) is 6.07 Å². The predicted molar refractivity (Wildman–Crippen MR) is 81.3 cm³/mol. The molecule has 1 fully saturated rings. The Balaban J connectivity index is 1.77. The van der Waals surface area contributed by atoms with Crippen LogP contribution in [0.4, 0.5) is 5.69 Å². The zero-order chi connectivity index (χ0) is 14.2. The van der Waals surface area contributed by atoms with E-state index >= 15 is 0 Å². The number of hydrogen-bond donors (Lipinski definition) is 3. The number of H-pyrrole nitrogens is 1. The van der Waals surface area contributed by atoms with Crippen molar-refractivity contribution in [1.82, 2.24) is 15.5 Å². The highest BCUT2D eigenvalue weighted by Gasteiger charge is 2.23. The summed E-state index contributed by atoms with van der Waals surface area (Å²) in [6.45, 7) is 0.704. The van der Waals surface area contributed by atoms with E-state index in [-0.39, 0.29) is 4.90 Å². The van der Waals surface area contributed by atoms with Gasteiger partial charge in [-0.3, -0.25) is 9.82 Å². The second-order valence-corrected chi connectivity index (χ2v) is 8.70. The van der Waals surface area contributed by atoms with Crippen LogP contribution in [0.3, 0.4) is 0 Å². The second-order valence-electron chi connectivity index (χ2n) is 4.60. The summed E-state index contributed by atoms with van der Waals surface area (Å²) in [5, 5.41) is 9.65. The van der Waals surface area contributed by atoms with Crippen molar-refractivity contribution >= 4 is 43.0 Å². The average molecular weight is 377 g/mol. The molecule has 1 aliphatic carbocycles. The summed E-state index contributed by atoms with van der Waals surface area (Å²) in [7, 11) is -3.59. The van der Waals surface area contributed by atoms with Crippen LogP contribution in [0.25, 0.3) is 0 Å². The number of hydrogen-bond acceptors (Lipinski definition) is 5. The monoisotopic (exact) mass is 376 g/mol. The molecular formula is C11H13BrN4O2S2. The summed E-state index contributed by atoms with van der Waals surface area (Å²) in [6, 6.07) is 2.30. The molecule has 20 heavy (non-hydrogen) atoms. The van der Waals surface area contributed by atoms with Gasteiger partial charge < -0.3 is 5.32 Å². The number of aromatic amines is 1. The summed E-state index contributed by atoms with van der Waals surface area (Å²) < 4.78 is 27.7. The first kappa shape index (κ1) is 14.1. The lowest BCUT2D eigenvalue weighted by Crippen LogP contribution is -2.14. The largest absolute Gasteiger partial charge is 0.309 e. The Bertz CT molecular complexity index is 692. The minimum Gasteiger partial charge on any atom is -0.309 e. The zero-order valence-electron chi connectivity index (χ0n) is 10.4. The molecule has 3 N–H and O–H groups in total. The van der Waals surface area contributed by atoms with Crippen molar-refractivity contribution in [3.63, 3.8) is 0 Å². The van der Waals surface area contributed by atoms with E-state index < -0.39 is 10.0 Å². The Hall–Kier alpha value is -0.900. The molecular weight excluding hydrogens is 364 g/mol. The van der Waals surface area contributed by atoms with Gasteiger partial charge in [0, 0.05) is 23.7 Å². The van der Waals surface area contributed by atoms with Gasteiger partial charge in [0.1, 0.15) is 4.90 Å². The molecule has 0 amide bonds. The van der Waals surface area contributed by atoms with Crippen LogP contribution in [0.5, 0.6) is 0 Å². The van der Waals surface area contributed by atoms with Gasteiger partial charge in [-0.25, -0.2) is 8.42 Å². The number of aromatic nitrogens is 2. The van der Waals surface area contributed by atoms with Crippen LogP contribution in [-0.4, -0.2) is 24.7 Å². The van der Waals surface area contributed by atoms with Crippen LogP contribution < -0.4 is 10.0 Å². The van der Waals surface area contributed by atoms with E-state index in [1.165, 1.54) is 36.6 Å². The molecule has 3 rings (SSSR count). The lowest BCUT2D eigenvalue weighted by Gasteiger charge is -2.03. The third-order valence-electron chi connectivity index (χ3n) is 2.89. The molecule has 108 valence electrons. The number of nitrogens with one attached hydrogen (secondary N) is 3. The molecule has 0 radical (unpaired) electrons. The molecule has 0 aromatic carbocycles. The SMILES string of the molecule is O=S(=O)(Nc1cn[nH]c1)c1cc(CNC2CC2)sc1Br. The molecule has 0 saturated heterocycles. The molecule has 1 saturated carbocycles. The standard InChI is InChI=1S/C11H13BrN4O2S2/c12-11-10(3-9(19-11)6-13-7-1-2-7)20(17,18)16-8-4-14-15-5-8/h3-5,7,13,16H,1-2,6H2,(H,14,15). The zero-order valence-corrected chi connectivity index (χ0v) is 13.6. The number of anilines is 1. The summed E-state index contributed by atoms with van der Waals surface area (Å²) >= 11 is 4.76. The average Bonchev–Trinajstić information content (AvgIpc) is 2.93. The fourth-order valence-electron chi connectivity index (χ4n) is 1.72. The number of nitrogens with zero attached hydrogens (tertiary/aromatic N) is 1. The van der Waals surface area contributed by atoms with Crippen molar-refractivity contribution in [2.75, 3.05) is 4.72 Å². The van der Waals surface area contributed by atoms with Crippen LogP contribution in [0.1, 0.15) is 17.7 Å². The highest BCUT2D eigenvalue weighted by Crippen LogP contribution is 2.33. The summed E-state index contributed by atoms with van der Waals surface area (Å²) in [4.78, 5) is 1.26. The highest BCUT2D eigenvalue weighted by molar-refractivity contribution is 9.11. The molecule has 2 aromatic rings. The van der Waals surface area contributed by atoms with Gasteiger partial charge >= 0.3 is 0 Å². The number of thiophene rings is 1. The second kappa shape index (κ2) is 5.47. The summed E-state index contributed by atoms with van der Waals surface area (Å²) in [5.41, 5.74) is 0.417. The minimum atomic E-state index is -3.59. The smallest absolute Gasteiger partial charge is 0.263 e. The number of rotatable bonds is 6. The van der Waals surface area contributed by atoms with Crippen molar-refractivity contribution < 1.29 is 8.42 Å². The lowest BCUT2D eigenvalue weighted by atomic mass is 10.4. The Labute approximate surface area is 129 Å². The van der Waals surface area contributed by atoms with E-state index in [4.69, 9.17) is 0 Å². The molecule has 2 aromatic heterocycles. The van der Waals surface area contributed by atoms with Gasteiger partial charge in [-0.05, 0) is 34.8 Å². The third-order valence-corrected chi connectivity index (χ3v) is 6.52.